The third-order valence-electron chi connectivity index (χ3n) is 3.58. The Hall–Kier alpha value is -3.48. The molecule has 1 heterocycles. The van der Waals surface area contributed by atoms with Crippen molar-refractivity contribution >= 4 is 23.6 Å². The van der Waals surface area contributed by atoms with Gasteiger partial charge in [-0.1, -0.05) is 19.1 Å². The fraction of sp³-hybridized carbons (Fsp3) is 0.158. The lowest BCUT2D eigenvalue weighted by atomic mass is 10.2. The normalized spacial score (nSPS) is 14.9. The van der Waals surface area contributed by atoms with Crippen molar-refractivity contribution in [2.24, 2.45) is 4.99 Å². The number of cyclic esters (lactones) is 1. The summed E-state index contributed by atoms with van der Waals surface area (Å²) in [5.74, 6) is 0.264. The van der Waals surface area contributed by atoms with Gasteiger partial charge in [0.15, 0.2) is 5.70 Å². The van der Waals surface area contributed by atoms with Crippen molar-refractivity contribution in [1.29, 1.82) is 0 Å². The van der Waals surface area contributed by atoms with E-state index in [1.54, 1.807) is 6.08 Å². The number of nitro groups is 1. The Balaban J connectivity index is 1.83. The molecule has 132 valence electrons. The van der Waals surface area contributed by atoms with Gasteiger partial charge in [-0.05, 0) is 42.3 Å². The predicted octanol–water partition coefficient (Wildman–Crippen LogP) is 3.73. The molecule has 0 amide bonds. The zero-order chi connectivity index (χ0) is 18.5. The number of rotatable bonds is 6. The van der Waals surface area contributed by atoms with Crippen molar-refractivity contribution in [3.05, 3.63) is 75.5 Å². The lowest BCUT2D eigenvalue weighted by Gasteiger charge is -2.04. The number of non-ortho nitro benzene ring substituents is 1. The van der Waals surface area contributed by atoms with E-state index >= 15 is 0 Å². The van der Waals surface area contributed by atoms with E-state index in [4.69, 9.17) is 9.47 Å². The van der Waals surface area contributed by atoms with Crippen LogP contribution in [0.15, 0.2) is 59.2 Å². The van der Waals surface area contributed by atoms with Crippen molar-refractivity contribution in [2.45, 2.75) is 13.3 Å². The number of nitrogens with zero attached hydrogens (tertiary/aromatic N) is 2. The third kappa shape index (κ3) is 3.94. The van der Waals surface area contributed by atoms with Crippen LogP contribution in [0.5, 0.6) is 5.75 Å². The first-order valence-electron chi connectivity index (χ1n) is 8.07. The number of benzene rings is 2. The molecule has 7 nitrogen and oxygen atoms in total. The molecular weight excluding hydrogens is 336 g/mol. The quantitative estimate of drug-likeness (QED) is 0.342. The molecule has 0 N–H and O–H groups in total. The fourth-order valence-electron chi connectivity index (χ4n) is 2.33. The molecule has 0 radical (unpaired) electrons. The molecule has 0 aliphatic carbocycles. The van der Waals surface area contributed by atoms with E-state index in [1.807, 2.05) is 31.2 Å². The molecule has 3 rings (SSSR count). The second-order valence-electron chi connectivity index (χ2n) is 5.56. The number of hydrogen-bond donors (Lipinski definition) is 0. The lowest BCUT2D eigenvalue weighted by Crippen LogP contribution is -2.05. The van der Waals surface area contributed by atoms with Gasteiger partial charge in [0, 0.05) is 17.7 Å². The van der Waals surface area contributed by atoms with E-state index in [2.05, 4.69) is 4.99 Å². The van der Waals surface area contributed by atoms with Gasteiger partial charge >= 0.3 is 5.97 Å². The molecule has 0 fully saturated rings. The number of ether oxygens (including phenoxy) is 2. The molecule has 26 heavy (non-hydrogen) atoms. The molecule has 0 spiro atoms. The molecule has 0 saturated carbocycles. The van der Waals surface area contributed by atoms with E-state index < -0.39 is 10.9 Å². The highest BCUT2D eigenvalue weighted by Crippen LogP contribution is 2.22. The molecule has 1 aliphatic rings. The summed E-state index contributed by atoms with van der Waals surface area (Å²) < 4.78 is 10.7. The van der Waals surface area contributed by atoms with Gasteiger partial charge in [-0.2, -0.15) is 0 Å². The average Bonchev–Trinajstić information content (AvgIpc) is 3.01. The summed E-state index contributed by atoms with van der Waals surface area (Å²) in [6.45, 7) is 2.64. The Bertz CT molecular complexity index is 900. The summed E-state index contributed by atoms with van der Waals surface area (Å²) >= 11 is 0. The smallest absolute Gasteiger partial charge is 0.363 e. The molecular formula is C19H16N2O5. The van der Waals surface area contributed by atoms with Gasteiger partial charge in [0.05, 0.1) is 11.5 Å². The van der Waals surface area contributed by atoms with Crippen LogP contribution < -0.4 is 4.74 Å². The van der Waals surface area contributed by atoms with Crippen LogP contribution in [0.4, 0.5) is 5.69 Å². The van der Waals surface area contributed by atoms with Crippen LogP contribution in [0, 0.1) is 10.1 Å². The Labute approximate surface area is 149 Å². The number of esters is 1. The Morgan fingerprint density at radius 1 is 1.23 bits per heavy atom. The first-order chi connectivity index (χ1) is 12.6. The summed E-state index contributed by atoms with van der Waals surface area (Å²) in [7, 11) is 0. The van der Waals surface area contributed by atoms with Gasteiger partial charge in [0.2, 0.25) is 5.90 Å². The molecule has 0 bridgehead atoms. The molecule has 0 unspecified atom stereocenters. The fourth-order valence-corrected chi connectivity index (χ4v) is 2.33. The van der Waals surface area contributed by atoms with Gasteiger partial charge in [-0.3, -0.25) is 10.1 Å². The van der Waals surface area contributed by atoms with Gasteiger partial charge in [-0.25, -0.2) is 9.79 Å². The number of hydrogen-bond acceptors (Lipinski definition) is 6. The van der Waals surface area contributed by atoms with E-state index in [1.165, 1.54) is 24.3 Å². The Morgan fingerprint density at radius 2 is 2.00 bits per heavy atom. The van der Waals surface area contributed by atoms with E-state index in [0.717, 1.165) is 12.0 Å². The van der Waals surface area contributed by atoms with Gasteiger partial charge in [-0.15, -0.1) is 0 Å². The molecule has 0 aromatic heterocycles. The second kappa shape index (κ2) is 7.60. The average molecular weight is 352 g/mol. The first-order valence-corrected chi connectivity index (χ1v) is 8.07. The van der Waals surface area contributed by atoms with E-state index in [-0.39, 0.29) is 17.3 Å². The van der Waals surface area contributed by atoms with E-state index in [9.17, 15) is 14.9 Å². The van der Waals surface area contributed by atoms with Gasteiger partial charge < -0.3 is 9.47 Å². The molecule has 0 saturated heterocycles. The number of nitro benzene ring substituents is 1. The van der Waals surface area contributed by atoms with Crippen molar-refractivity contribution < 1.29 is 19.2 Å². The summed E-state index contributed by atoms with van der Waals surface area (Å²) in [4.78, 5) is 26.5. The first kappa shape index (κ1) is 17.3. The van der Waals surface area contributed by atoms with Crippen LogP contribution in [0.25, 0.3) is 6.08 Å². The molecule has 2 aromatic rings. The van der Waals surface area contributed by atoms with Crippen LogP contribution in [0.2, 0.25) is 0 Å². The molecule has 0 atom stereocenters. The topological polar surface area (TPSA) is 91.0 Å². The van der Waals surface area contributed by atoms with Crippen LogP contribution in [-0.4, -0.2) is 23.4 Å². The monoisotopic (exact) mass is 352 g/mol. The number of aliphatic imine (C=N–C) groups is 1. The lowest BCUT2D eigenvalue weighted by molar-refractivity contribution is -0.384. The SMILES string of the molecule is CCCOc1cccc(/C=C2\N=C(c3ccc([N+](=O)[O-])cc3)OC2=O)c1. The maximum Gasteiger partial charge on any atom is 0.363 e. The van der Waals surface area contributed by atoms with Crippen molar-refractivity contribution in [2.75, 3.05) is 6.61 Å². The Kier molecular flexibility index (Phi) is 5.07. The van der Waals surface area contributed by atoms with Crippen LogP contribution >= 0.6 is 0 Å². The maximum absolute atomic E-state index is 12.0. The summed E-state index contributed by atoms with van der Waals surface area (Å²) in [5, 5.41) is 10.7. The van der Waals surface area contributed by atoms with Crippen LogP contribution in [0.3, 0.4) is 0 Å². The zero-order valence-electron chi connectivity index (χ0n) is 14.0. The minimum absolute atomic E-state index is 0.0432. The molecule has 1 aliphatic heterocycles. The second-order valence-corrected chi connectivity index (χ2v) is 5.56. The third-order valence-corrected chi connectivity index (χ3v) is 3.58. The molecule has 2 aromatic carbocycles. The highest BCUT2D eigenvalue weighted by Gasteiger charge is 2.24. The largest absolute Gasteiger partial charge is 0.494 e. The van der Waals surface area contributed by atoms with Crippen molar-refractivity contribution in [3.63, 3.8) is 0 Å². The number of carbonyl (C=O) groups excluding carboxylic acids is 1. The van der Waals surface area contributed by atoms with Crippen LogP contribution in [-0.2, 0) is 9.53 Å². The zero-order valence-corrected chi connectivity index (χ0v) is 14.0. The summed E-state index contributed by atoms with van der Waals surface area (Å²) in [5.41, 5.74) is 1.37. The van der Waals surface area contributed by atoms with Gasteiger partial charge in [0.25, 0.3) is 5.69 Å². The molecule has 7 heteroatoms. The standard InChI is InChI=1S/C19H16N2O5/c1-2-10-25-16-5-3-4-13(11-16)12-17-19(22)26-18(20-17)14-6-8-15(9-7-14)21(23)24/h3-9,11-12H,2,10H2,1H3/b17-12-. The van der Waals surface area contributed by atoms with Gasteiger partial charge in [0.1, 0.15) is 5.75 Å². The van der Waals surface area contributed by atoms with Crippen molar-refractivity contribution in [1.82, 2.24) is 0 Å². The maximum atomic E-state index is 12.0. The Morgan fingerprint density at radius 3 is 2.69 bits per heavy atom. The highest BCUT2D eigenvalue weighted by molar-refractivity contribution is 6.12. The van der Waals surface area contributed by atoms with E-state index in [0.29, 0.717) is 17.9 Å². The number of carbonyl (C=O) groups is 1. The van der Waals surface area contributed by atoms with Crippen LogP contribution in [0.1, 0.15) is 24.5 Å². The minimum atomic E-state index is -0.571. The summed E-state index contributed by atoms with van der Waals surface area (Å²) in [6, 6.07) is 13.0. The minimum Gasteiger partial charge on any atom is -0.494 e. The predicted molar refractivity (Wildman–Crippen MR) is 95.9 cm³/mol. The highest BCUT2D eigenvalue weighted by atomic mass is 16.6. The van der Waals surface area contributed by atoms with Crippen molar-refractivity contribution in [3.8, 4) is 5.75 Å². The summed E-state index contributed by atoms with van der Waals surface area (Å²) in [6.07, 6.45) is 2.51.